The number of carbonyl (C=O) groups is 2. The molecule has 3 aromatic rings. The van der Waals surface area contributed by atoms with Crippen molar-refractivity contribution in [3.8, 4) is 11.5 Å². The van der Waals surface area contributed by atoms with E-state index in [2.05, 4.69) is 16.0 Å². The van der Waals surface area contributed by atoms with Gasteiger partial charge in [-0.15, -0.1) is 0 Å². The molecule has 1 atom stereocenters. The van der Waals surface area contributed by atoms with Gasteiger partial charge in [0.25, 0.3) is 0 Å². The monoisotopic (exact) mass is 488 g/mol. The predicted molar refractivity (Wildman–Crippen MR) is 137 cm³/mol. The second-order valence-electron chi connectivity index (χ2n) is 9.11. The first-order valence-electron chi connectivity index (χ1n) is 12.5. The van der Waals surface area contributed by atoms with Crippen LogP contribution in [0.5, 0.6) is 11.5 Å². The largest absolute Gasteiger partial charge is 0.497 e. The number of para-hydroxylation sites is 2. The highest BCUT2D eigenvalue weighted by Crippen LogP contribution is 2.35. The molecule has 2 aromatic carbocycles. The Morgan fingerprint density at radius 3 is 2.67 bits per heavy atom. The van der Waals surface area contributed by atoms with Crippen LogP contribution in [0.1, 0.15) is 37.1 Å². The Kier molecular flexibility index (Phi) is 6.84. The zero-order valence-electron chi connectivity index (χ0n) is 20.7. The Morgan fingerprint density at radius 2 is 1.89 bits per heavy atom. The summed E-state index contributed by atoms with van der Waals surface area (Å²) in [7, 11) is 1.64. The number of fused-ring (bicyclic) bond motifs is 1. The summed E-state index contributed by atoms with van der Waals surface area (Å²) in [5.74, 6) is 1.29. The normalized spacial score (nSPS) is 16.7. The first kappa shape index (κ1) is 23.8. The van der Waals surface area contributed by atoms with Crippen molar-refractivity contribution >= 4 is 17.6 Å². The summed E-state index contributed by atoms with van der Waals surface area (Å²) >= 11 is 0. The van der Waals surface area contributed by atoms with Gasteiger partial charge in [0.2, 0.25) is 5.91 Å². The highest BCUT2D eigenvalue weighted by atomic mass is 16.5. The molecule has 1 aliphatic heterocycles. The van der Waals surface area contributed by atoms with E-state index in [0.717, 1.165) is 29.8 Å². The lowest BCUT2D eigenvalue weighted by atomic mass is 9.99. The second-order valence-corrected chi connectivity index (χ2v) is 9.11. The lowest BCUT2D eigenvalue weighted by molar-refractivity contribution is -0.134. The van der Waals surface area contributed by atoms with Crippen molar-refractivity contribution in [3.63, 3.8) is 0 Å². The molecule has 1 aromatic heterocycles. The number of hydrogen-bond acceptors (Lipinski definition) is 4. The zero-order valence-corrected chi connectivity index (χ0v) is 20.7. The molecule has 0 spiro atoms. The van der Waals surface area contributed by atoms with Gasteiger partial charge in [-0.3, -0.25) is 4.79 Å². The number of rotatable bonds is 8. The van der Waals surface area contributed by atoms with E-state index in [1.165, 1.54) is 0 Å². The molecule has 0 saturated heterocycles. The standard InChI is InChI=1S/C28H32N4O4/c1-3-36-25-12-5-4-10-23(25)29-28(34)32(21-13-14-21)19-26(33)31-17-16-30-15-7-11-24(30)27(31)20-8-6-9-22(18-20)35-2/h4-12,15,18,21,27H,3,13-14,16-17,19H2,1-2H3,(H,29,34). The Bertz CT molecular complexity index is 1240. The molecular formula is C28H32N4O4. The highest BCUT2D eigenvalue weighted by Gasteiger charge is 2.38. The van der Waals surface area contributed by atoms with E-state index in [-0.39, 0.29) is 30.6 Å². The van der Waals surface area contributed by atoms with Crippen molar-refractivity contribution in [1.82, 2.24) is 14.4 Å². The molecule has 8 heteroatoms. The summed E-state index contributed by atoms with van der Waals surface area (Å²) in [6, 6.07) is 18.8. The van der Waals surface area contributed by atoms with Gasteiger partial charge in [0, 0.05) is 31.0 Å². The smallest absolute Gasteiger partial charge is 0.322 e. The summed E-state index contributed by atoms with van der Waals surface area (Å²) in [6.45, 7) is 3.71. The maximum atomic E-state index is 13.8. The number of ether oxygens (including phenoxy) is 2. The van der Waals surface area contributed by atoms with Gasteiger partial charge in [0.05, 0.1) is 25.4 Å². The average molecular weight is 489 g/mol. The fraction of sp³-hybridized carbons (Fsp3) is 0.357. The third-order valence-electron chi connectivity index (χ3n) is 6.75. The number of amides is 3. The van der Waals surface area contributed by atoms with Crippen molar-refractivity contribution in [3.05, 3.63) is 78.1 Å². The first-order valence-corrected chi connectivity index (χ1v) is 12.5. The van der Waals surface area contributed by atoms with Crippen LogP contribution < -0.4 is 14.8 Å². The summed E-state index contributed by atoms with van der Waals surface area (Å²) in [5.41, 5.74) is 2.64. The molecule has 1 saturated carbocycles. The molecule has 0 bridgehead atoms. The number of methoxy groups -OCH3 is 1. The van der Waals surface area contributed by atoms with Gasteiger partial charge in [-0.1, -0.05) is 24.3 Å². The highest BCUT2D eigenvalue weighted by molar-refractivity contribution is 5.94. The SMILES string of the molecule is CCOc1ccccc1NC(=O)N(CC(=O)N1CCn2cccc2C1c1cccc(OC)c1)C1CC1. The maximum Gasteiger partial charge on any atom is 0.322 e. The van der Waals surface area contributed by atoms with E-state index >= 15 is 0 Å². The third kappa shape index (κ3) is 4.89. The van der Waals surface area contributed by atoms with E-state index in [1.807, 2.05) is 72.6 Å². The summed E-state index contributed by atoms with van der Waals surface area (Å²) < 4.78 is 13.3. The minimum absolute atomic E-state index is 0.0223. The van der Waals surface area contributed by atoms with Gasteiger partial charge in [-0.25, -0.2) is 4.79 Å². The number of nitrogens with zero attached hydrogens (tertiary/aromatic N) is 3. The molecule has 1 N–H and O–H groups in total. The van der Waals surface area contributed by atoms with Crippen LogP contribution in [-0.2, 0) is 11.3 Å². The van der Waals surface area contributed by atoms with Gasteiger partial charge in [0.15, 0.2) is 0 Å². The summed E-state index contributed by atoms with van der Waals surface area (Å²) in [6.07, 6.45) is 3.84. The van der Waals surface area contributed by atoms with E-state index in [4.69, 9.17) is 9.47 Å². The molecular weight excluding hydrogens is 456 g/mol. The molecule has 5 rings (SSSR count). The molecule has 188 valence electrons. The molecule has 3 amide bonds. The summed E-state index contributed by atoms with van der Waals surface area (Å²) in [4.78, 5) is 30.7. The quantitative estimate of drug-likeness (QED) is 0.506. The second kappa shape index (κ2) is 10.4. The van der Waals surface area contributed by atoms with Crippen LogP contribution in [0.3, 0.4) is 0 Å². The van der Waals surface area contributed by atoms with E-state index in [9.17, 15) is 9.59 Å². The van der Waals surface area contributed by atoms with Gasteiger partial charge in [-0.05, 0) is 61.7 Å². The van der Waals surface area contributed by atoms with Crippen LogP contribution >= 0.6 is 0 Å². The lowest BCUT2D eigenvalue weighted by Gasteiger charge is -2.38. The third-order valence-corrected chi connectivity index (χ3v) is 6.75. The van der Waals surface area contributed by atoms with Crippen LogP contribution in [-0.4, -0.2) is 59.2 Å². The Balaban J connectivity index is 1.38. The fourth-order valence-electron chi connectivity index (χ4n) is 4.84. The molecule has 1 fully saturated rings. The zero-order chi connectivity index (χ0) is 25.1. The Morgan fingerprint density at radius 1 is 1.06 bits per heavy atom. The molecule has 1 aliphatic carbocycles. The molecule has 2 aliphatic rings. The number of benzene rings is 2. The van der Waals surface area contributed by atoms with Crippen molar-refractivity contribution in [2.75, 3.05) is 32.1 Å². The number of anilines is 1. The van der Waals surface area contributed by atoms with Gasteiger partial charge in [-0.2, -0.15) is 0 Å². The van der Waals surface area contributed by atoms with E-state index in [1.54, 1.807) is 12.0 Å². The molecule has 36 heavy (non-hydrogen) atoms. The number of aromatic nitrogens is 1. The van der Waals surface area contributed by atoms with Gasteiger partial charge >= 0.3 is 6.03 Å². The maximum absolute atomic E-state index is 13.8. The number of urea groups is 1. The number of hydrogen-bond donors (Lipinski definition) is 1. The Hall–Kier alpha value is -3.94. The number of carbonyl (C=O) groups excluding carboxylic acids is 2. The van der Waals surface area contributed by atoms with Crippen LogP contribution in [0, 0.1) is 0 Å². The fourth-order valence-corrected chi connectivity index (χ4v) is 4.84. The molecule has 1 unspecified atom stereocenters. The lowest BCUT2D eigenvalue weighted by Crippen LogP contribution is -2.49. The van der Waals surface area contributed by atoms with Crippen molar-refractivity contribution in [2.24, 2.45) is 0 Å². The van der Waals surface area contributed by atoms with Crippen LogP contribution in [0.2, 0.25) is 0 Å². The molecule has 8 nitrogen and oxygen atoms in total. The topological polar surface area (TPSA) is 76.0 Å². The predicted octanol–water partition coefficient (Wildman–Crippen LogP) is 4.52. The minimum Gasteiger partial charge on any atom is -0.497 e. The van der Waals surface area contributed by atoms with E-state index < -0.39 is 0 Å². The number of nitrogens with one attached hydrogen (secondary N) is 1. The average Bonchev–Trinajstić information content (AvgIpc) is 3.63. The molecule has 0 radical (unpaired) electrons. The van der Waals surface area contributed by atoms with Crippen molar-refractivity contribution in [1.29, 1.82) is 0 Å². The summed E-state index contributed by atoms with van der Waals surface area (Å²) in [5, 5.41) is 2.97. The van der Waals surface area contributed by atoms with Crippen LogP contribution in [0.25, 0.3) is 0 Å². The first-order chi connectivity index (χ1) is 17.6. The van der Waals surface area contributed by atoms with E-state index in [0.29, 0.717) is 31.1 Å². The molecule has 2 heterocycles. The van der Waals surface area contributed by atoms with Crippen LogP contribution in [0.15, 0.2) is 66.9 Å². The van der Waals surface area contributed by atoms with Crippen molar-refractivity contribution < 1.29 is 19.1 Å². The van der Waals surface area contributed by atoms with Gasteiger partial charge < -0.3 is 29.2 Å². The van der Waals surface area contributed by atoms with Gasteiger partial charge in [0.1, 0.15) is 18.0 Å². The Labute approximate surface area is 211 Å². The minimum atomic E-state index is -0.281. The van der Waals surface area contributed by atoms with Crippen molar-refractivity contribution in [2.45, 2.75) is 38.4 Å². The van der Waals surface area contributed by atoms with Crippen LogP contribution in [0.4, 0.5) is 10.5 Å².